The van der Waals surface area contributed by atoms with E-state index in [9.17, 15) is 18.9 Å². The van der Waals surface area contributed by atoms with Crippen molar-refractivity contribution in [3.63, 3.8) is 0 Å². The summed E-state index contributed by atoms with van der Waals surface area (Å²) in [6, 6.07) is 7.49. The first-order chi connectivity index (χ1) is 6.90. The predicted octanol–water partition coefficient (Wildman–Crippen LogP) is 0.263. The molecule has 1 rings (SSSR count). The average Bonchev–Trinajstić information content (AvgIpc) is 2.14. The zero-order chi connectivity index (χ0) is 11.5. The molecular weight excluding hydrogens is 307 g/mol. The van der Waals surface area contributed by atoms with Crippen LogP contribution in [0.15, 0.2) is 30.3 Å². The molecule has 0 heterocycles. The fraction of sp³-hybridized carbons (Fsp3) is 0.143. The Labute approximate surface area is 106 Å². The van der Waals surface area contributed by atoms with E-state index in [1.807, 2.05) is 0 Å². The molecule has 0 radical (unpaired) electrons. The summed E-state index contributed by atoms with van der Waals surface area (Å²) in [6.07, 6.45) is 0. The number of benzene rings is 1. The summed E-state index contributed by atoms with van der Waals surface area (Å²) in [5.74, 6) is -1.64. The first kappa shape index (κ1) is 16.0. The molecule has 0 aliphatic heterocycles. The van der Waals surface area contributed by atoms with E-state index in [-0.39, 0.29) is 25.0 Å². The molecule has 0 spiro atoms. The number of hydrogen-bond donors (Lipinski definition) is 1. The van der Waals surface area contributed by atoms with Gasteiger partial charge in [0.2, 0.25) is 0 Å². The van der Waals surface area contributed by atoms with Gasteiger partial charge in [0.05, 0.1) is 7.82 Å². The number of rotatable bonds is 4. The van der Waals surface area contributed by atoms with E-state index in [0.717, 1.165) is 0 Å². The standard InChI is InChI=1S/C7H8O6P2.Zn/c8-14(9)7(13-15(10,11)12)6-4-2-1-3-5-6;/h1-5,7H,(H2-,8,9,10,11,12);/q;+2/p-1. The second-order valence-electron chi connectivity index (χ2n) is 2.62. The molecule has 0 saturated heterocycles. The van der Waals surface area contributed by atoms with Crippen molar-refractivity contribution in [3.05, 3.63) is 35.9 Å². The molecule has 0 bridgehead atoms. The van der Waals surface area contributed by atoms with Crippen LogP contribution in [0.25, 0.3) is 0 Å². The van der Waals surface area contributed by atoms with Crippen LogP contribution >= 0.6 is 15.9 Å². The van der Waals surface area contributed by atoms with Crippen molar-refractivity contribution in [1.29, 1.82) is 0 Å². The Bertz CT molecular complexity index is 391. The van der Waals surface area contributed by atoms with Gasteiger partial charge in [-0.3, -0.25) is 4.52 Å². The zero-order valence-corrected chi connectivity index (χ0v) is 12.8. The Balaban J connectivity index is 0.00000225. The molecule has 1 N–H and O–H groups in total. The Kier molecular flexibility index (Phi) is 6.68. The van der Waals surface area contributed by atoms with Crippen LogP contribution in [0.3, 0.4) is 0 Å². The predicted molar refractivity (Wildman–Crippen MR) is 47.7 cm³/mol. The van der Waals surface area contributed by atoms with Crippen molar-refractivity contribution < 1.29 is 47.8 Å². The monoisotopic (exact) mass is 313 g/mol. The maximum Gasteiger partial charge on any atom is 2.00 e. The van der Waals surface area contributed by atoms with Crippen LogP contribution in [0.5, 0.6) is 0 Å². The molecule has 0 amide bonds. The molecule has 0 aliphatic carbocycles. The van der Waals surface area contributed by atoms with Gasteiger partial charge in [0.1, 0.15) is 0 Å². The van der Waals surface area contributed by atoms with E-state index in [1.54, 1.807) is 6.07 Å². The number of phosphoric acid groups is 1. The molecule has 0 aliphatic rings. The summed E-state index contributed by atoms with van der Waals surface area (Å²) >= 11 is 0. The second kappa shape index (κ2) is 6.68. The SMILES string of the molecule is O=[P+](O)C(OP(=O)([O-])[O-])c1ccccc1.[Zn+2]. The van der Waals surface area contributed by atoms with Crippen LogP contribution < -0.4 is 9.79 Å². The van der Waals surface area contributed by atoms with Gasteiger partial charge in [0.15, 0.2) is 0 Å². The molecule has 9 heteroatoms. The Morgan fingerprint density at radius 1 is 1.31 bits per heavy atom. The Morgan fingerprint density at radius 2 is 1.81 bits per heavy atom. The third-order valence-electron chi connectivity index (χ3n) is 1.51. The fourth-order valence-corrected chi connectivity index (χ4v) is 2.43. The maximum atomic E-state index is 10.8. The van der Waals surface area contributed by atoms with Crippen LogP contribution in [-0.4, -0.2) is 4.89 Å². The van der Waals surface area contributed by atoms with E-state index < -0.39 is 21.7 Å². The topological polar surface area (TPSA) is 110 Å². The van der Waals surface area contributed by atoms with Gasteiger partial charge in [0.25, 0.3) is 0 Å². The summed E-state index contributed by atoms with van der Waals surface area (Å²) in [7, 11) is -8.23. The van der Waals surface area contributed by atoms with E-state index in [2.05, 4.69) is 4.52 Å². The van der Waals surface area contributed by atoms with Crippen LogP contribution in [0.2, 0.25) is 0 Å². The molecule has 2 atom stereocenters. The van der Waals surface area contributed by atoms with Gasteiger partial charge in [-0.15, -0.1) is 0 Å². The van der Waals surface area contributed by atoms with Crippen molar-refractivity contribution in [2.24, 2.45) is 0 Å². The smallest absolute Gasteiger partial charge is 0.790 e. The summed E-state index contributed by atoms with van der Waals surface area (Å²) in [6.45, 7) is 0. The van der Waals surface area contributed by atoms with E-state index in [1.165, 1.54) is 24.3 Å². The first-order valence-electron chi connectivity index (χ1n) is 3.81. The van der Waals surface area contributed by atoms with Crippen LogP contribution in [0, 0.1) is 0 Å². The second-order valence-corrected chi connectivity index (χ2v) is 4.80. The fourth-order valence-electron chi connectivity index (χ4n) is 0.969. The van der Waals surface area contributed by atoms with Gasteiger partial charge >= 0.3 is 33.4 Å². The third-order valence-corrected chi connectivity index (χ3v) is 2.95. The van der Waals surface area contributed by atoms with Crippen molar-refractivity contribution in [3.8, 4) is 0 Å². The van der Waals surface area contributed by atoms with E-state index in [0.29, 0.717) is 0 Å². The molecule has 0 saturated carbocycles. The molecule has 0 aromatic heterocycles. The minimum Gasteiger partial charge on any atom is -0.790 e. The van der Waals surface area contributed by atoms with Crippen molar-refractivity contribution in [2.75, 3.05) is 0 Å². The molecule has 1 aromatic carbocycles. The largest absolute Gasteiger partial charge is 2.00 e. The third kappa shape index (κ3) is 5.37. The summed E-state index contributed by atoms with van der Waals surface area (Å²) < 4.78 is 25.1. The van der Waals surface area contributed by atoms with Crippen LogP contribution in [0.4, 0.5) is 0 Å². The Morgan fingerprint density at radius 3 is 2.19 bits per heavy atom. The van der Waals surface area contributed by atoms with Gasteiger partial charge in [-0.1, -0.05) is 30.3 Å². The van der Waals surface area contributed by atoms with Crippen molar-refractivity contribution in [1.82, 2.24) is 0 Å². The molecule has 0 fully saturated rings. The number of phosphoric ester groups is 1. The summed E-state index contributed by atoms with van der Waals surface area (Å²) in [5.41, 5.74) is 0.160. The number of hydrogen-bond acceptors (Lipinski definition) is 5. The first-order valence-corrected chi connectivity index (χ1v) is 6.55. The molecule has 16 heavy (non-hydrogen) atoms. The molecule has 6 nitrogen and oxygen atoms in total. The maximum absolute atomic E-state index is 10.8. The van der Waals surface area contributed by atoms with E-state index >= 15 is 0 Å². The molecule has 1 aromatic rings. The molecular formula is C7H7O6P2Zn+. The minimum absolute atomic E-state index is 0. The van der Waals surface area contributed by atoms with Gasteiger partial charge in [-0.2, -0.15) is 4.89 Å². The summed E-state index contributed by atoms with van der Waals surface area (Å²) in [4.78, 5) is 29.5. The normalized spacial score (nSPS) is 13.8. The van der Waals surface area contributed by atoms with Crippen LogP contribution in [-0.2, 0) is 33.1 Å². The summed E-state index contributed by atoms with van der Waals surface area (Å²) in [5, 5.41) is 0. The van der Waals surface area contributed by atoms with Gasteiger partial charge < -0.3 is 14.4 Å². The van der Waals surface area contributed by atoms with E-state index in [4.69, 9.17) is 4.89 Å². The van der Waals surface area contributed by atoms with Gasteiger partial charge in [-0.25, -0.2) is 0 Å². The van der Waals surface area contributed by atoms with Crippen molar-refractivity contribution in [2.45, 2.75) is 5.85 Å². The van der Waals surface area contributed by atoms with Crippen LogP contribution in [0.1, 0.15) is 11.4 Å². The quantitative estimate of drug-likeness (QED) is 0.630. The molecule has 2 unspecified atom stereocenters. The minimum atomic E-state index is -5.28. The average molecular weight is 314 g/mol. The van der Waals surface area contributed by atoms with Gasteiger partial charge in [-0.05, 0) is 4.57 Å². The Hall–Kier alpha value is 0.0134. The molecule has 82 valence electrons. The zero-order valence-electron chi connectivity index (χ0n) is 8.05. The van der Waals surface area contributed by atoms with Gasteiger partial charge in [0, 0.05) is 5.56 Å². The van der Waals surface area contributed by atoms with Crippen molar-refractivity contribution >= 4 is 15.9 Å².